The van der Waals surface area contributed by atoms with Gasteiger partial charge in [-0.15, -0.1) is 0 Å². The lowest BCUT2D eigenvalue weighted by molar-refractivity contribution is 0.595. The summed E-state index contributed by atoms with van der Waals surface area (Å²) in [7, 11) is 0. The number of hydrazine groups is 1. The quantitative estimate of drug-likeness (QED) is 0.558. The second kappa shape index (κ2) is 4.11. The monoisotopic (exact) mass is 192 g/mol. The Balaban J connectivity index is 3.39. The summed E-state index contributed by atoms with van der Waals surface area (Å²) in [6.45, 7) is 10.7. The Morgan fingerprint density at radius 1 is 1.07 bits per heavy atom. The summed E-state index contributed by atoms with van der Waals surface area (Å²) in [4.78, 5) is 0. The number of hydrogen-bond acceptors (Lipinski definition) is 2. The number of benzene rings is 1. The van der Waals surface area contributed by atoms with Gasteiger partial charge in [0.1, 0.15) is 0 Å². The molecule has 0 saturated heterocycles. The van der Waals surface area contributed by atoms with Crippen molar-refractivity contribution >= 4 is 0 Å². The molecule has 2 heteroatoms. The minimum Gasteiger partial charge on any atom is -0.271 e. The van der Waals surface area contributed by atoms with E-state index in [4.69, 9.17) is 5.84 Å². The predicted molar refractivity (Wildman–Crippen MR) is 61.1 cm³/mol. The first-order valence-electron chi connectivity index (χ1n) is 5.02. The van der Waals surface area contributed by atoms with Gasteiger partial charge in [-0.25, -0.2) is 0 Å². The first-order chi connectivity index (χ1) is 6.49. The van der Waals surface area contributed by atoms with Gasteiger partial charge < -0.3 is 0 Å². The van der Waals surface area contributed by atoms with Crippen LogP contribution in [0.1, 0.15) is 40.8 Å². The minimum atomic E-state index is 0.216. The summed E-state index contributed by atoms with van der Waals surface area (Å²) < 4.78 is 0. The molecule has 0 amide bonds. The van der Waals surface area contributed by atoms with Crippen LogP contribution in [0.5, 0.6) is 0 Å². The molecule has 0 heterocycles. The summed E-state index contributed by atoms with van der Waals surface area (Å²) in [5, 5.41) is 0. The van der Waals surface area contributed by atoms with Crippen LogP contribution in [0, 0.1) is 27.7 Å². The largest absolute Gasteiger partial charge is 0.271 e. The first-order valence-corrected chi connectivity index (χ1v) is 5.02. The van der Waals surface area contributed by atoms with Crippen molar-refractivity contribution in [3.8, 4) is 0 Å². The van der Waals surface area contributed by atoms with E-state index in [1.807, 2.05) is 0 Å². The summed E-state index contributed by atoms with van der Waals surface area (Å²) in [6.07, 6.45) is 0. The van der Waals surface area contributed by atoms with Crippen molar-refractivity contribution in [2.24, 2.45) is 5.84 Å². The Morgan fingerprint density at radius 2 is 1.50 bits per heavy atom. The van der Waals surface area contributed by atoms with Gasteiger partial charge in [-0.2, -0.15) is 0 Å². The van der Waals surface area contributed by atoms with Crippen molar-refractivity contribution in [3.63, 3.8) is 0 Å². The van der Waals surface area contributed by atoms with Crippen LogP contribution in [0.15, 0.2) is 6.07 Å². The van der Waals surface area contributed by atoms with E-state index < -0.39 is 0 Å². The second-order valence-corrected chi connectivity index (χ2v) is 4.06. The highest BCUT2D eigenvalue weighted by Crippen LogP contribution is 2.26. The van der Waals surface area contributed by atoms with Crippen LogP contribution in [0.4, 0.5) is 0 Å². The van der Waals surface area contributed by atoms with Gasteiger partial charge in [-0.1, -0.05) is 6.07 Å². The van der Waals surface area contributed by atoms with E-state index in [0.717, 1.165) is 0 Å². The Bertz CT molecular complexity index is 316. The maximum absolute atomic E-state index is 5.49. The second-order valence-electron chi connectivity index (χ2n) is 4.06. The molecule has 0 bridgehead atoms. The topological polar surface area (TPSA) is 38.0 Å². The normalized spacial score (nSPS) is 13.0. The molecule has 0 aliphatic heterocycles. The number of nitrogens with two attached hydrogens (primary N) is 1. The van der Waals surface area contributed by atoms with Crippen molar-refractivity contribution in [2.75, 3.05) is 0 Å². The molecule has 2 nitrogen and oxygen atoms in total. The Hall–Kier alpha value is -0.860. The third-order valence-corrected chi connectivity index (χ3v) is 3.11. The van der Waals surface area contributed by atoms with Gasteiger partial charge in [0.25, 0.3) is 0 Å². The van der Waals surface area contributed by atoms with Crippen molar-refractivity contribution in [1.29, 1.82) is 0 Å². The molecule has 78 valence electrons. The van der Waals surface area contributed by atoms with Crippen molar-refractivity contribution in [3.05, 3.63) is 33.9 Å². The lowest BCUT2D eigenvalue weighted by Crippen LogP contribution is -2.27. The summed E-state index contributed by atoms with van der Waals surface area (Å²) in [5.41, 5.74) is 9.52. The Morgan fingerprint density at radius 3 is 1.86 bits per heavy atom. The van der Waals surface area contributed by atoms with Crippen LogP contribution < -0.4 is 11.3 Å². The molecule has 0 aliphatic rings. The molecule has 1 rings (SSSR count). The van der Waals surface area contributed by atoms with Crippen molar-refractivity contribution < 1.29 is 0 Å². The molecule has 0 spiro atoms. The third kappa shape index (κ3) is 1.81. The van der Waals surface area contributed by atoms with Crippen LogP contribution in [-0.2, 0) is 0 Å². The number of rotatable bonds is 2. The number of nitrogens with one attached hydrogen (secondary N) is 1. The fraction of sp³-hybridized carbons (Fsp3) is 0.500. The molecule has 14 heavy (non-hydrogen) atoms. The summed E-state index contributed by atoms with van der Waals surface area (Å²) >= 11 is 0. The highest BCUT2D eigenvalue weighted by atomic mass is 15.2. The maximum Gasteiger partial charge on any atom is 0.0437 e. The van der Waals surface area contributed by atoms with E-state index in [1.165, 1.54) is 27.8 Å². The lowest BCUT2D eigenvalue weighted by Gasteiger charge is -2.20. The SMILES string of the molecule is Cc1cc(C)c(C)c([C@@H](C)NN)c1C. The molecule has 1 aromatic carbocycles. The Kier molecular flexibility index (Phi) is 3.29. The van der Waals surface area contributed by atoms with E-state index in [9.17, 15) is 0 Å². The zero-order valence-electron chi connectivity index (χ0n) is 9.73. The molecule has 3 N–H and O–H groups in total. The van der Waals surface area contributed by atoms with Gasteiger partial charge in [0, 0.05) is 6.04 Å². The van der Waals surface area contributed by atoms with Crippen LogP contribution in [-0.4, -0.2) is 0 Å². The standard InChI is InChI=1S/C12H20N2/c1-7-6-8(2)10(4)12(9(7)3)11(5)14-13/h6,11,14H,13H2,1-5H3/t11-/m1/s1. The highest BCUT2D eigenvalue weighted by molar-refractivity contribution is 5.45. The van der Waals surface area contributed by atoms with Gasteiger partial charge >= 0.3 is 0 Å². The fourth-order valence-electron chi connectivity index (χ4n) is 1.98. The average Bonchev–Trinajstić information content (AvgIpc) is 2.15. The van der Waals surface area contributed by atoms with E-state index in [2.05, 4.69) is 46.1 Å². The number of hydrogen-bond donors (Lipinski definition) is 2. The zero-order valence-corrected chi connectivity index (χ0v) is 9.73. The van der Waals surface area contributed by atoms with Crippen LogP contribution in [0.25, 0.3) is 0 Å². The van der Waals surface area contributed by atoms with Crippen LogP contribution in [0.2, 0.25) is 0 Å². The van der Waals surface area contributed by atoms with Gasteiger partial charge in [0.15, 0.2) is 0 Å². The molecular weight excluding hydrogens is 172 g/mol. The van der Waals surface area contributed by atoms with E-state index in [1.54, 1.807) is 0 Å². The highest BCUT2D eigenvalue weighted by Gasteiger charge is 2.13. The first kappa shape index (κ1) is 11.2. The molecule has 1 atom stereocenters. The molecule has 0 unspecified atom stereocenters. The molecular formula is C12H20N2. The number of aryl methyl sites for hydroxylation is 2. The average molecular weight is 192 g/mol. The molecule has 1 aromatic rings. The van der Waals surface area contributed by atoms with Crippen LogP contribution >= 0.6 is 0 Å². The molecule has 0 radical (unpaired) electrons. The summed E-state index contributed by atoms with van der Waals surface area (Å²) in [6, 6.07) is 2.45. The van der Waals surface area contributed by atoms with Crippen molar-refractivity contribution in [1.82, 2.24) is 5.43 Å². The van der Waals surface area contributed by atoms with E-state index in [0.29, 0.717) is 0 Å². The van der Waals surface area contributed by atoms with Gasteiger partial charge in [-0.3, -0.25) is 11.3 Å². The van der Waals surface area contributed by atoms with Crippen LogP contribution in [0.3, 0.4) is 0 Å². The lowest BCUT2D eigenvalue weighted by atomic mass is 9.90. The Labute approximate surface area is 86.5 Å². The van der Waals surface area contributed by atoms with Crippen molar-refractivity contribution in [2.45, 2.75) is 40.7 Å². The molecule has 0 fully saturated rings. The molecule has 0 aliphatic carbocycles. The van der Waals surface area contributed by atoms with Gasteiger partial charge in [-0.05, 0) is 62.4 Å². The van der Waals surface area contributed by atoms with E-state index in [-0.39, 0.29) is 6.04 Å². The third-order valence-electron chi connectivity index (χ3n) is 3.11. The molecule has 0 saturated carbocycles. The smallest absolute Gasteiger partial charge is 0.0437 e. The van der Waals surface area contributed by atoms with E-state index >= 15 is 0 Å². The van der Waals surface area contributed by atoms with Gasteiger partial charge in [0.05, 0.1) is 0 Å². The fourth-order valence-corrected chi connectivity index (χ4v) is 1.98. The minimum absolute atomic E-state index is 0.216. The maximum atomic E-state index is 5.49. The zero-order chi connectivity index (χ0) is 10.9. The van der Waals surface area contributed by atoms with Gasteiger partial charge in [0.2, 0.25) is 0 Å². The predicted octanol–water partition coefficient (Wildman–Crippen LogP) is 2.44. The summed E-state index contributed by atoms with van der Waals surface area (Å²) in [5.74, 6) is 5.49. The molecule has 0 aromatic heterocycles.